The maximum atomic E-state index is 3.47. The summed E-state index contributed by atoms with van der Waals surface area (Å²) >= 11 is 1.80. The Labute approximate surface area is 114 Å². The lowest BCUT2D eigenvalue weighted by Crippen LogP contribution is -2.13. The normalized spacial score (nSPS) is 11.7. The van der Waals surface area contributed by atoms with E-state index in [9.17, 15) is 0 Å². The molecule has 2 aromatic rings. The van der Waals surface area contributed by atoms with E-state index in [1.54, 1.807) is 11.3 Å². The fourth-order valence-electron chi connectivity index (χ4n) is 1.87. The summed E-state index contributed by atoms with van der Waals surface area (Å²) in [7, 11) is 0. The zero-order chi connectivity index (χ0) is 13.0. The summed E-state index contributed by atoms with van der Waals surface area (Å²) in [5.41, 5.74) is 2.98. The van der Waals surface area contributed by atoms with Crippen LogP contribution in [0.1, 0.15) is 36.8 Å². The van der Waals surface area contributed by atoms with Crippen molar-refractivity contribution in [3.63, 3.8) is 0 Å². The quantitative estimate of drug-likeness (QED) is 0.861. The van der Waals surface area contributed by atoms with Gasteiger partial charge in [-0.2, -0.15) is 0 Å². The van der Waals surface area contributed by atoms with E-state index in [4.69, 9.17) is 0 Å². The molecule has 0 fully saturated rings. The molecule has 0 bridgehead atoms. The van der Waals surface area contributed by atoms with Crippen molar-refractivity contribution < 1.29 is 0 Å². The van der Waals surface area contributed by atoms with Gasteiger partial charge in [-0.15, -0.1) is 11.3 Å². The molecule has 0 saturated heterocycles. The van der Waals surface area contributed by atoms with Gasteiger partial charge >= 0.3 is 0 Å². The monoisotopic (exact) mass is 259 g/mol. The van der Waals surface area contributed by atoms with Gasteiger partial charge in [-0.3, -0.25) is 0 Å². The third-order valence-electron chi connectivity index (χ3n) is 3.03. The first-order chi connectivity index (χ1) is 8.55. The second-order valence-corrected chi connectivity index (χ2v) is 6.66. The molecule has 1 aromatic heterocycles. The van der Waals surface area contributed by atoms with Crippen LogP contribution in [0.2, 0.25) is 0 Å². The molecule has 96 valence electrons. The standard InChI is InChI=1S/C16H21NS/c1-16(2,3)14-8-6-13(7-9-14)11-17-12-15-5-4-10-18-15/h4-10,17H,11-12H2,1-3H3. The third-order valence-corrected chi connectivity index (χ3v) is 3.90. The Kier molecular flexibility index (Phi) is 4.20. The Morgan fingerprint density at radius 3 is 2.28 bits per heavy atom. The summed E-state index contributed by atoms with van der Waals surface area (Å²) in [6, 6.07) is 13.2. The predicted octanol–water partition coefficient (Wildman–Crippen LogP) is 4.34. The van der Waals surface area contributed by atoms with Crippen LogP contribution in [0.25, 0.3) is 0 Å². The zero-order valence-electron chi connectivity index (χ0n) is 11.4. The van der Waals surface area contributed by atoms with Crippen molar-refractivity contribution in [2.45, 2.75) is 39.3 Å². The van der Waals surface area contributed by atoms with Crippen LogP contribution in [0, 0.1) is 0 Å². The maximum Gasteiger partial charge on any atom is 0.0302 e. The summed E-state index contributed by atoms with van der Waals surface area (Å²) in [5, 5.41) is 5.59. The van der Waals surface area contributed by atoms with Crippen LogP contribution in [-0.2, 0) is 18.5 Å². The number of hydrogen-bond acceptors (Lipinski definition) is 2. The largest absolute Gasteiger partial charge is 0.308 e. The van der Waals surface area contributed by atoms with Gasteiger partial charge in [0.1, 0.15) is 0 Å². The minimum atomic E-state index is 0.239. The molecule has 0 aliphatic carbocycles. The molecule has 1 aromatic carbocycles. The molecule has 0 saturated carbocycles. The Balaban J connectivity index is 1.87. The molecule has 2 rings (SSSR count). The predicted molar refractivity (Wildman–Crippen MR) is 80.0 cm³/mol. The van der Waals surface area contributed by atoms with E-state index in [0.29, 0.717) is 0 Å². The SMILES string of the molecule is CC(C)(C)c1ccc(CNCc2cccs2)cc1. The highest BCUT2D eigenvalue weighted by molar-refractivity contribution is 7.09. The molecule has 0 spiro atoms. The van der Waals surface area contributed by atoms with Crippen LogP contribution in [0.15, 0.2) is 41.8 Å². The van der Waals surface area contributed by atoms with E-state index < -0.39 is 0 Å². The van der Waals surface area contributed by atoms with Crippen molar-refractivity contribution in [1.82, 2.24) is 5.32 Å². The number of benzene rings is 1. The van der Waals surface area contributed by atoms with Gasteiger partial charge in [0.15, 0.2) is 0 Å². The average molecular weight is 259 g/mol. The smallest absolute Gasteiger partial charge is 0.0302 e. The van der Waals surface area contributed by atoms with Crippen LogP contribution >= 0.6 is 11.3 Å². The van der Waals surface area contributed by atoms with E-state index in [0.717, 1.165) is 13.1 Å². The van der Waals surface area contributed by atoms with Gasteiger partial charge in [0.2, 0.25) is 0 Å². The second kappa shape index (κ2) is 5.68. The van der Waals surface area contributed by atoms with Gasteiger partial charge in [-0.05, 0) is 28.0 Å². The third kappa shape index (κ3) is 3.69. The van der Waals surface area contributed by atoms with Gasteiger partial charge in [0.05, 0.1) is 0 Å². The molecule has 2 heteroatoms. The summed E-state index contributed by atoms with van der Waals surface area (Å²) in [5.74, 6) is 0. The first-order valence-corrected chi connectivity index (χ1v) is 7.26. The molecular weight excluding hydrogens is 238 g/mol. The Bertz CT molecular complexity index is 463. The van der Waals surface area contributed by atoms with Crippen LogP contribution in [0.3, 0.4) is 0 Å². The topological polar surface area (TPSA) is 12.0 Å². The molecule has 0 amide bonds. The molecule has 0 atom stereocenters. The highest BCUT2D eigenvalue weighted by atomic mass is 32.1. The van der Waals surface area contributed by atoms with Crippen molar-refractivity contribution in [3.8, 4) is 0 Å². The fraction of sp³-hybridized carbons (Fsp3) is 0.375. The number of hydrogen-bond donors (Lipinski definition) is 1. The van der Waals surface area contributed by atoms with Crippen molar-refractivity contribution >= 4 is 11.3 Å². The minimum absolute atomic E-state index is 0.239. The molecule has 0 aliphatic rings. The Morgan fingerprint density at radius 2 is 1.72 bits per heavy atom. The summed E-state index contributed by atoms with van der Waals surface area (Å²) in [6.45, 7) is 8.63. The highest BCUT2D eigenvalue weighted by Crippen LogP contribution is 2.22. The van der Waals surface area contributed by atoms with E-state index in [2.05, 4.69) is 67.9 Å². The maximum absolute atomic E-state index is 3.47. The minimum Gasteiger partial charge on any atom is -0.308 e. The summed E-state index contributed by atoms with van der Waals surface area (Å²) in [4.78, 5) is 1.39. The molecule has 1 heterocycles. The Morgan fingerprint density at radius 1 is 1.00 bits per heavy atom. The first-order valence-electron chi connectivity index (χ1n) is 6.38. The summed E-state index contributed by atoms with van der Waals surface area (Å²) < 4.78 is 0. The molecule has 0 aliphatic heterocycles. The number of thiophene rings is 1. The van der Waals surface area contributed by atoms with Crippen molar-refractivity contribution in [2.75, 3.05) is 0 Å². The zero-order valence-corrected chi connectivity index (χ0v) is 12.2. The van der Waals surface area contributed by atoms with Gasteiger partial charge in [0.25, 0.3) is 0 Å². The van der Waals surface area contributed by atoms with Gasteiger partial charge in [0, 0.05) is 18.0 Å². The van der Waals surface area contributed by atoms with Crippen LogP contribution < -0.4 is 5.32 Å². The first kappa shape index (κ1) is 13.3. The Hall–Kier alpha value is -1.12. The van der Waals surface area contributed by atoms with Crippen molar-refractivity contribution in [3.05, 3.63) is 57.8 Å². The molecule has 0 radical (unpaired) electrons. The summed E-state index contributed by atoms with van der Waals surface area (Å²) in [6.07, 6.45) is 0. The van der Waals surface area contributed by atoms with Crippen LogP contribution in [0.5, 0.6) is 0 Å². The lowest BCUT2D eigenvalue weighted by Gasteiger charge is -2.19. The van der Waals surface area contributed by atoms with Gasteiger partial charge in [-0.25, -0.2) is 0 Å². The van der Waals surface area contributed by atoms with E-state index >= 15 is 0 Å². The molecule has 0 unspecified atom stereocenters. The number of nitrogens with one attached hydrogen (secondary N) is 1. The van der Waals surface area contributed by atoms with Gasteiger partial charge in [-0.1, -0.05) is 51.1 Å². The van der Waals surface area contributed by atoms with E-state index in [-0.39, 0.29) is 5.41 Å². The molecular formula is C16H21NS. The lowest BCUT2D eigenvalue weighted by molar-refractivity contribution is 0.589. The van der Waals surface area contributed by atoms with Crippen molar-refractivity contribution in [1.29, 1.82) is 0 Å². The highest BCUT2D eigenvalue weighted by Gasteiger charge is 2.12. The second-order valence-electron chi connectivity index (χ2n) is 5.63. The van der Waals surface area contributed by atoms with Crippen LogP contribution in [0.4, 0.5) is 0 Å². The van der Waals surface area contributed by atoms with E-state index in [1.165, 1.54) is 16.0 Å². The van der Waals surface area contributed by atoms with Gasteiger partial charge < -0.3 is 5.32 Å². The number of rotatable bonds is 4. The lowest BCUT2D eigenvalue weighted by atomic mass is 9.87. The fourth-order valence-corrected chi connectivity index (χ4v) is 2.54. The molecule has 18 heavy (non-hydrogen) atoms. The average Bonchev–Trinajstić information content (AvgIpc) is 2.82. The van der Waals surface area contributed by atoms with E-state index in [1.807, 2.05) is 0 Å². The van der Waals surface area contributed by atoms with Crippen LogP contribution in [-0.4, -0.2) is 0 Å². The molecule has 1 N–H and O–H groups in total. The molecule has 1 nitrogen and oxygen atoms in total. The van der Waals surface area contributed by atoms with Crippen molar-refractivity contribution in [2.24, 2.45) is 0 Å².